The second-order valence-electron chi connectivity index (χ2n) is 4.41. The van der Waals surface area contributed by atoms with Gasteiger partial charge in [-0.1, -0.05) is 23.8 Å². The number of hydrogen-bond acceptors (Lipinski definition) is 4. The maximum atomic E-state index is 6.06. The molecule has 6 heteroatoms. The minimum absolute atomic E-state index is 0.0266. The van der Waals surface area contributed by atoms with Crippen molar-refractivity contribution in [3.8, 4) is 11.6 Å². The van der Waals surface area contributed by atoms with Crippen LogP contribution >= 0.6 is 11.6 Å². The van der Waals surface area contributed by atoms with Crippen LogP contribution in [0, 0.1) is 0 Å². The van der Waals surface area contributed by atoms with Crippen molar-refractivity contribution in [3.05, 3.63) is 47.5 Å². The van der Waals surface area contributed by atoms with Crippen molar-refractivity contribution in [1.29, 1.82) is 0 Å². The third-order valence-electron chi connectivity index (χ3n) is 3.20. The summed E-state index contributed by atoms with van der Waals surface area (Å²) in [6, 6.07) is 3.69. The van der Waals surface area contributed by atoms with Gasteiger partial charge in [-0.2, -0.15) is 0 Å². The van der Waals surface area contributed by atoms with E-state index in [0.717, 1.165) is 5.82 Å². The zero-order valence-corrected chi connectivity index (χ0v) is 10.5. The minimum Gasteiger partial charge on any atom is -0.461 e. The molecule has 4 rings (SSSR count). The second-order valence-corrected chi connectivity index (χ2v) is 4.84. The van der Waals surface area contributed by atoms with Crippen molar-refractivity contribution in [1.82, 2.24) is 14.8 Å². The summed E-state index contributed by atoms with van der Waals surface area (Å²) < 4.78 is 7.00. The lowest BCUT2D eigenvalue weighted by molar-refractivity contribution is 0.577. The highest BCUT2D eigenvalue weighted by Gasteiger charge is 2.30. The highest BCUT2D eigenvalue weighted by molar-refractivity contribution is 6.31. The molecule has 3 heterocycles. The lowest BCUT2D eigenvalue weighted by atomic mass is 9.94. The molecule has 2 aliphatic rings. The predicted molar refractivity (Wildman–Crippen MR) is 71.2 cm³/mol. The van der Waals surface area contributed by atoms with Gasteiger partial charge in [0, 0.05) is 5.03 Å². The fourth-order valence-electron chi connectivity index (χ4n) is 2.30. The molecular weight excluding hydrogens is 264 g/mol. The predicted octanol–water partition coefficient (Wildman–Crippen LogP) is 2.57. The third kappa shape index (κ3) is 1.66. The molecule has 2 unspecified atom stereocenters. The Labute approximate surface area is 113 Å². The van der Waals surface area contributed by atoms with Crippen molar-refractivity contribution < 1.29 is 4.42 Å². The van der Waals surface area contributed by atoms with Crippen molar-refractivity contribution in [3.63, 3.8) is 0 Å². The zero-order chi connectivity index (χ0) is 12.8. The molecule has 19 heavy (non-hydrogen) atoms. The highest BCUT2D eigenvalue weighted by atomic mass is 35.5. The molecule has 0 spiro atoms. The number of rotatable bonds is 1. The first-order valence-corrected chi connectivity index (χ1v) is 6.28. The molecule has 94 valence electrons. The Morgan fingerprint density at radius 1 is 1.37 bits per heavy atom. The molecule has 1 aliphatic carbocycles. The van der Waals surface area contributed by atoms with Gasteiger partial charge in [-0.25, -0.2) is 9.67 Å². The SMILES string of the molecule is ClC1=CC2c3nc(-c4ccco4)nn3C=NC2C=C1. The fraction of sp³-hybridized carbons (Fsp3) is 0.154. The first-order valence-electron chi connectivity index (χ1n) is 5.90. The number of aromatic nitrogens is 3. The minimum atomic E-state index is 0.0266. The van der Waals surface area contributed by atoms with Gasteiger partial charge in [0.1, 0.15) is 12.2 Å². The van der Waals surface area contributed by atoms with Crippen LogP contribution in [0.25, 0.3) is 11.6 Å². The molecule has 2 atom stereocenters. The van der Waals surface area contributed by atoms with Crippen LogP contribution in [0.5, 0.6) is 0 Å². The molecule has 1 aliphatic heterocycles. The summed E-state index contributed by atoms with van der Waals surface area (Å²) in [5.74, 6) is 2.06. The Hall–Kier alpha value is -2.14. The van der Waals surface area contributed by atoms with Crippen LogP contribution in [0.15, 0.2) is 51.1 Å². The van der Waals surface area contributed by atoms with E-state index < -0.39 is 0 Å². The van der Waals surface area contributed by atoms with Gasteiger partial charge in [-0.05, 0) is 18.2 Å². The summed E-state index contributed by atoms with van der Waals surface area (Å²) in [5, 5.41) is 5.08. The van der Waals surface area contributed by atoms with Crippen LogP contribution in [0.1, 0.15) is 11.7 Å². The smallest absolute Gasteiger partial charge is 0.217 e. The summed E-state index contributed by atoms with van der Waals surface area (Å²) in [6.45, 7) is 0. The number of allylic oxidation sites excluding steroid dienone is 2. The monoisotopic (exact) mass is 272 g/mol. The largest absolute Gasteiger partial charge is 0.461 e. The van der Waals surface area contributed by atoms with E-state index in [9.17, 15) is 0 Å². The van der Waals surface area contributed by atoms with E-state index in [4.69, 9.17) is 16.0 Å². The molecule has 0 saturated heterocycles. The summed E-state index contributed by atoms with van der Waals surface area (Å²) in [4.78, 5) is 8.98. The molecule has 0 amide bonds. The van der Waals surface area contributed by atoms with Gasteiger partial charge in [0.2, 0.25) is 5.82 Å². The van der Waals surface area contributed by atoms with Gasteiger partial charge >= 0.3 is 0 Å². The Balaban J connectivity index is 1.82. The topological polar surface area (TPSA) is 56.2 Å². The van der Waals surface area contributed by atoms with Crippen molar-refractivity contribution in [2.45, 2.75) is 12.0 Å². The zero-order valence-electron chi connectivity index (χ0n) is 9.77. The van der Waals surface area contributed by atoms with Crippen LogP contribution in [-0.4, -0.2) is 27.1 Å². The molecule has 0 bridgehead atoms. The van der Waals surface area contributed by atoms with Gasteiger partial charge in [0.15, 0.2) is 5.76 Å². The van der Waals surface area contributed by atoms with E-state index in [1.54, 1.807) is 17.3 Å². The molecule has 0 saturated carbocycles. The van der Waals surface area contributed by atoms with E-state index in [1.165, 1.54) is 0 Å². The Morgan fingerprint density at radius 2 is 2.32 bits per heavy atom. The summed E-state index contributed by atoms with van der Waals surface area (Å²) >= 11 is 6.06. The van der Waals surface area contributed by atoms with Crippen LogP contribution in [0.4, 0.5) is 0 Å². The maximum Gasteiger partial charge on any atom is 0.217 e. The number of aliphatic imine (C=N–C) groups is 1. The van der Waals surface area contributed by atoms with E-state index in [1.807, 2.05) is 30.4 Å². The van der Waals surface area contributed by atoms with Gasteiger partial charge < -0.3 is 4.42 Å². The summed E-state index contributed by atoms with van der Waals surface area (Å²) in [5.41, 5.74) is 0. The van der Waals surface area contributed by atoms with E-state index in [2.05, 4.69) is 15.1 Å². The van der Waals surface area contributed by atoms with Crippen LogP contribution in [-0.2, 0) is 0 Å². The standard InChI is InChI=1S/C13H9ClN4O/c14-8-3-4-10-9(6-8)13-16-12(11-2-1-5-19-11)17-18(13)7-15-10/h1-7,9-10H. The van der Waals surface area contributed by atoms with Crippen LogP contribution in [0.2, 0.25) is 0 Å². The number of fused-ring (bicyclic) bond motifs is 3. The molecule has 0 radical (unpaired) electrons. The van der Waals surface area contributed by atoms with E-state index >= 15 is 0 Å². The Kier molecular flexibility index (Phi) is 2.22. The summed E-state index contributed by atoms with van der Waals surface area (Å²) in [6.07, 6.45) is 9.09. The van der Waals surface area contributed by atoms with Crippen molar-refractivity contribution >= 4 is 17.9 Å². The normalized spacial score (nSPS) is 23.9. The van der Waals surface area contributed by atoms with Crippen molar-refractivity contribution in [2.24, 2.45) is 4.99 Å². The molecule has 2 aromatic heterocycles. The first-order chi connectivity index (χ1) is 9.31. The third-order valence-corrected chi connectivity index (χ3v) is 3.46. The number of nitrogens with zero attached hydrogens (tertiary/aromatic N) is 4. The molecule has 0 aromatic carbocycles. The maximum absolute atomic E-state index is 6.06. The quantitative estimate of drug-likeness (QED) is 0.802. The van der Waals surface area contributed by atoms with Gasteiger partial charge in [0.25, 0.3) is 0 Å². The Morgan fingerprint density at radius 3 is 3.16 bits per heavy atom. The first kappa shape index (κ1) is 10.8. The van der Waals surface area contributed by atoms with Gasteiger partial charge in [-0.15, -0.1) is 5.10 Å². The molecule has 5 nitrogen and oxygen atoms in total. The van der Waals surface area contributed by atoms with Gasteiger partial charge in [0.05, 0.1) is 18.2 Å². The summed E-state index contributed by atoms with van der Waals surface area (Å²) in [7, 11) is 0. The average molecular weight is 273 g/mol. The lowest BCUT2D eigenvalue weighted by Gasteiger charge is -2.23. The fourth-order valence-corrected chi connectivity index (χ4v) is 2.51. The van der Waals surface area contributed by atoms with Crippen molar-refractivity contribution in [2.75, 3.05) is 0 Å². The number of halogens is 1. The van der Waals surface area contributed by atoms with Crippen LogP contribution in [0.3, 0.4) is 0 Å². The lowest BCUT2D eigenvalue weighted by Crippen LogP contribution is -2.25. The second kappa shape index (κ2) is 3.93. The molecule has 0 fully saturated rings. The van der Waals surface area contributed by atoms with Gasteiger partial charge in [-0.3, -0.25) is 4.99 Å². The number of hydrogen-bond donors (Lipinski definition) is 0. The number of furan rings is 1. The van der Waals surface area contributed by atoms with Crippen LogP contribution < -0.4 is 0 Å². The highest BCUT2D eigenvalue weighted by Crippen LogP contribution is 2.32. The molecule has 0 N–H and O–H groups in total. The molecular formula is C13H9ClN4O. The Bertz CT molecular complexity index is 711. The average Bonchev–Trinajstić information content (AvgIpc) is 3.07. The van der Waals surface area contributed by atoms with E-state index in [-0.39, 0.29) is 12.0 Å². The molecule has 2 aromatic rings. The van der Waals surface area contributed by atoms with E-state index in [0.29, 0.717) is 16.6 Å².